The number of rotatable bonds is 4. The van der Waals surface area contributed by atoms with E-state index in [0.29, 0.717) is 10.6 Å². The maximum absolute atomic E-state index is 12.6. The van der Waals surface area contributed by atoms with Gasteiger partial charge in [-0.2, -0.15) is 0 Å². The number of nitrogens with zero attached hydrogens (tertiary/aromatic N) is 1. The van der Waals surface area contributed by atoms with Crippen molar-refractivity contribution in [1.82, 2.24) is 0 Å². The number of benzene rings is 1. The number of carbonyl (C=O) groups is 2. The van der Waals surface area contributed by atoms with E-state index in [1.165, 1.54) is 11.3 Å². The van der Waals surface area contributed by atoms with Gasteiger partial charge in [0.05, 0.1) is 5.56 Å². The van der Waals surface area contributed by atoms with Gasteiger partial charge in [0.1, 0.15) is 5.00 Å². The molecule has 3 rings (SSSR count). The highest BCUT2D eigenvalue weighted by Crippen LogP contribution is 2.38. The van der Waals surface area contributed by atoms with Gasteiger partial charge in [-0.25, -0.2) is 4.79 Å². The number of thiophene rings is 1. The quantitative estimate of drug-likeness (QED) is 0.868. The number of carbonyl (C=O) groups excluding carboxylic acids is 1. The zero-order valence-corrected chi connectivity index (χ0v) is 15.5. The molecular formula is C19H22N2O3S. The smallest absolute Gasteiger partial charge is 0.339 e. The molecule has 0 aliphatic heterocycles. The Kier molecular flexibility index (Phi) is 4.81. The van der Waals surface area contributed by atoms with Gasteiger partial charge in [-0.15, -0.1) is 11.3 Å². The van der Waals surface area contributed by atoms with E-state index in [1.54, 1.807) is 6.07 Å². The van der Waals surface area contributed by atoms with Crippen molar-refractivity contribution in [3.63, 3.8) is 0 Å². The lowest BCUT2D eigenvalue weighted by molar-refractivity contribution is 0.0697. The molecule has 1 aliphatic rings. The first-order valence-corrected chi connectivity index (χ1v) is 9.17. The predicted octanol–water partition coefficient (Wildman–Crippen LogP) is 3.95. The number of aromatic carboxylic acids is 1. The van der Waals surface area contributed by atoms with Crippen LogP contribution in [-0.2, 0) is 12.8 Å². The molecule has 1 aliphatic carbocycles. The number of amides is 1. The Balaban J connectivity index is 1.90. The fourth-order valence-corrected chi connectivity index (χ4v) is 4.63. The standard InChI is InChI=1S/C19H22N2O3S/c1-11-10-12(8-9-14(11)21(2)3)17(22)20-18-16(19(23)24)13-6-4-5-7-15(13)25-18/h8-10H,4-7H2,1-3H3,(H,20,22)(H,23,24). The number of nitrogens with one attached hydrogen (secondary N) is 1. The molecule has 1 aromatic heterocycles. The molecule has 0 radical (unpaired) electrons. The Morgan fingerprint density at radius 2 is 1.92 bits per heavy atom. The van der Waals surface area contributed by atoms with Gasteiger partial charge in [0.25, 0.3) is 5.91 Å². The molecule has 25 heavy (non-hydrogen) atoms. The van der Waals surface area contributed by atoms with Crippen LogP contribution in [0.5, 0.6) is 0 Å². The molecule has 0 fully saturated rings. The van der Waals surface area contributed by atoms with Crippen molar-refractivity contribution in [2.24, 2.45) is 0 Å². The molecule has 0 saturated carbocycles. The topological polar surface area (TPSA) is 69.6 Å². The van der Waals surface area contributed by atoms with Gasteiger partial charge >= 0.3 is 5.97 Å². The number of carboxylic acid groups (broad SMARTS) is 1. The van der Waals surface area contributed by atoms with Gasteiger partial charge in [0, 0.05) is 30.2 Å². The zero-order chi connectivity index (χ0) is 18.1. The summed E-state index contributed by atoms with van der Waals surface area (Å²) in [6.07, 6.45) is 3.75. The number of carboxylic acids is 1. The second-order valence-electron chi connectivity index (χ2n) is 6.57. The zero-order valence-electron chi connectivity index (χ0n) is 14.7. The second-order valence-corrected chi connectivity index (χ2v) is 7.68. The van der Waals surface area contributed by atoms with Gasteiger partial charge in [-0.3, -0.25) is 4.79 Å². The van der Waals surface area contributed by atoms with Crippen LogP contribution in [0.15, 0.2) is 18.2 Å². The summed E-state index contributed by atoms with van der Waals surface area (Å²) in [5.74, 6) is -1.23. The third-order valence-electron chi connectivity index (χ3n) is 4.55. The van der Waals surface area contributed by atoms with Gasteiger partial charge in [-0.05, 0) is 61.9 Å². The van der Waals surface area contributed by atoms with Crippen molar-refractivity contribution in [3.8, 4) is 0 Å². The third-order valence-corrected chi connectivity index (χ3v) is 5.76. The summed E-state index contributed by atoms with van der Waals surface area (Å²) in [7, 11) is 3.91. The molecule has 1 amide bonds. The second kappa shape index (κ2) is 6.88. The first-order chi connectivity index (χ1) is 11.9. The van der Waals surface area contributed by atoms with Crippen LogP contribution in [0.3, 0.4) is 0 Å². The molecular weight excluding hydrogens is 336 g/mol. The highest BCUT2D eigenvalue weighted by atomic mass is 32.1. The van der Waals surface area contributed by atoms with E-state index in [-0.39, 0.29) is 11.5 Å². The van der Waals surface area contributed by atoms with Crippen LogP contribution in [-0.4, -0.2) is 31.1 Å². The molecule has 0 spiro atoms. The van der Waals surface area contributed by atoms with Crippen LogP contribution in [0.2, 0.25) is 0 Å². The molecule has 132 valence electrons. The summed E-state index contributed by atoms with van der Waals surface area (Å²) in [5.41, 5.74) is 3.76. The summed E-state index contributed by atoms with van der Waals surface area (Å²) in [5, 5.41) is 12.9. The molecule has 2 N–H and O–H groups in total. The van der Waals surface area contributed by atoms with E-state index in [4.69, 9.17) is 0 Å². The van der Waals surface area contributed by atoms with Crippen LogP contribution in [0, 0.1) is 6.92 Å². The summed E-state index contributed by atoms with van der Waals surface area (Å²) >= 11 is 1.40. The van der Waals surface area contributed by atoms with E-state index >= 15 is 0 Å². The molecule has 2 aromatic rings. The molecule has 0 atom stereocenters. The Morgan fingerprint density at radius 3 is 2.56 bits per heavy atom. The highest BCUT2D eigenvalue weighted by molar-refractivity contribution is 7.17. The van der Waals surface area contributed by atoms with E-state index in [0.717, 1.165) is 47.4 Å². The average Bonchev–Trinajstić information content (AvgIpc) is 2.92. The number of anilines is 2. The number of fused-ring (bicyclic) bond motifs is 1. The number of aryl methyl sites for hydroxylation is 2. The van der Waals surface area contributed by atoms with Crippen LogP contribution < -0.4 is 10.2 Å². The molecule has 1 aromatic carbocycles. The van der Waals surface area contributed by atoms with Crippen molar-refractivity contribution >= 4 is 33.9 Å². The maximum Gasteiger partial charge on any atom is 0.339 e. The van der Waals surface area contributed by atoms with E-state index in [9.17, 15) is 14.7 Å². The van der Waals surface area contributed by atoms with Crippen molar-refractivity contribution in [2.45, 2.75) is 32.6 Å². The lowest BCUT2D eigenvalue weighted by atomic mass is 9.95. The minimum Gasteiger partial charge on any atom is -0.478 e. The maximum atomic E-state index is 12.6. The van der Waals surface area contributed by atoms with Crippen molar-refractivity contribution in [3.05, 3.63) is 45.3 Å². The first-order valence-electron chi connectivity index (χ1n) is 8.35. The number of hydrogen-bond acceptors (Lipinski definition) is 4. The molecule has 0 bridgehead atoms. The van der Waals surface area contributed by atoms with Gasteiger partial charge in [-0.1, -0.05) is 0 Å². The Morgan fingerprint density at radius 1 is 1.20 bits per heavy atom. The van der Waals surface area contributed by atoms with Crippen molar-refractivity contribution in [1.29, 1.82) is 0 Å². The number of hydrogen-bond donors (Lipinski definition) is 2. The van der Waals surface area contributed by atoms with Gasteiger partial charge < -0.3 is 15.3 Å². The lowest BCUT2D eigenvalue weighted by Gasteiger charge is -2.16. The highest BCUT2D eigenvalue weighted by Gasteiger charge is 2.26. The lowest BCUT2D eigenvalue weighted by Crippen LogP contribution is -2.15. The molecule has 5 nitrogen and oxygen atoms in total. The van der Waals surface area contributed by atoms with Crippen LogP contribution in [0.4, 0.5) is 10.7 Å². The summed E-state index contributed by atoms with van der Waals surface area (Å²) in [4.78, 5) is 27.4. The SMILES string of the molecule is Cc1cc(C(=O)Nc2sc3c(c2C(=O)O)CCCC3)ccc1N(C)C. The van der Waals surface area contributed by atoms with E-state index in [2.05, 4.69) is 5.32 Å². The Hall–Kier alpha value is -2.34. The monoisotopic (exact) mass is 358 g/mol. The Labute approximate surface area is 151 Å². The largest absolute Gasteiger partial charge is 0.478 e. The first kappa shape index (κ1) is 17.5. The fraction of sp³-hybridized carbons (Fsp3) is 0.368. The minimum absolute atomic E-state index is 0.269. The average molecular weight is 358 g/mol. The molecule has 0 unspecified atom stereocenters. The van der Waals surface area contributed by atoms with Crippen molar-refractivity contribution in [2.75, 3.05) is 24.3 Å². The van der Waals surface area contributed by atoms with Crippen molar-refractivity contribution < 1.29 is 14.7 Å². The summed E-state index contributed by atoms with van der Waals surface area (Å²) < 4.78 is 0. The van der Waals surface area contributed by atoms with E-state index < -0.39 is 5.97 Å². The normalized spacial score (nSPS) is 13.2. The van der Waals surface area contributed by atoms with Crippen LogP contribution in [0.25, 0.3) is 0 Å². The molecule has 1 heterocycles. The fourth-order valence-electron chi connectivity index (χ4n) is 3.35. The summed E-state index contributed by atoms with van der Waals surface area (Å²) in [6, 6.07) is 5.51. The van der Waals surface area contributed by atoms with Crippen LogP contribution >= 0.6 is 11.3 Å². The minimum atomic E-state index is -0.964. The predicted molar refractivity (Wildman–Crippen MR) is 101 cm³/mol. The van der Waals surface area contributed by atoms with Crippen LogP contribution in [0.1, 0.15) is 49.6 Å². The van der Waals surface area contributed by atoms with Gasteiger partial charge in [0.15, 0.2) is 0 Å². The molecule has 6 heteroatoms. The van der Waals surface area contributed by atoms with E-state index in [1.807, 2.05) is 38.1 Å². The summed E-state index contributed by atoms with van der Waals surface area (Å²) in [6.45, 7) is 1.96. The van der Waals surface area contributed by atoms with Gasteiger partial charge in [0.2, 0.25) is 0 Å². The third kappa shape index (κ3) is 3.39. The molecule has 0 saturated heterocycles. The Bertz CT molecular complexity index is 839.